The molecule has 1 atom stereocenters. The first-order chi connectivity index (χ1) is 8.95. The van der Waals surface area contributed by atoms with Crippen LogP contribution >= 0.6 is 0 Å². The van der Waals surface area contributed by atoms with Gasteiger partial charge in [-0.1, -0.05) is 6.92 Å². The average Bonchev–Trinajstić information content (AvgIpc) is 2.37. The van der Waals surface area contributed by atoms with Gasteiger partial charge in [-0.25, -0.2) is 0 Å². The van der Waals surface area contributed by atoms with Crippen LogP contribution in [-0.2, 0) is 11.3 Å². The number of pyridine rings is 1. The maximum Gasteiger partial charge on any atom is 0.262 e. The van der Waals surface area contributed by atoms with Gasteiger partial charge in [0.1, 0.15) is 5.75 Å². The molecule has 106 valence electrons. The summed E-state index contributed by atoms with van der Waals surface area (Å²) in [5.41, 5.74) is 1.77. The molecule has 1 rings (SSSR count). The van der Waals surface area contributed by atoms with Crippen molar-refractivity contribution in [1.82, 2.24) is 15.2 Å². The summed E-state index contributed by atoms with van der Waals surface area (Å²) >= 11 is 0. The van der Waals surface area contributed by atoms with Gasteiger partial charge >= 0.3 is 0 Å². The molecule has 1 heterocycles. The van der Waals surface area contributed by atoms with E-state index in [0.29, 0.717) is 12.3 Å². The predicted molar refractivity (Wildman–Crippen MR) is 75.1 cm³/mol. The van der Waals surface area contributed by atoms with Crippen molar-refractivity contribution in [2.24, 2.45) is 0 Å². The third-order valence-corrected chi connectivity index (χ3v) is 2.71. The molecule has 1 aromatic heterocycles. The molecule has 1 unspecified atom stereocenters. The van der Waals surface area contributed by atoms with Crippen molar-refractivity contribution in [1.29, 1.82) is 0 Å². The Balaban J connectivity index is 2.84. The van der Waals surface area contributed by atoms with Crippen LogP contribution in [0.4, 0.5) is 0 Å². The number of aryl methyl sites for hydroxylation is 1. The molecule has 0 aliphatic carbocycles. The molecule has 1 N–H and O–H groups in total. The van der Waals surface area contributed by atoms with Crippen molar-refractivity contribution in [3.05, 3.63) is 23.5 Å². The summed E-state index contributed by atoms with van der Waals surface area (Å²) in [6.07, 6.45) is -0.514. The lowest BCUT2D eigenvalue weighted by Crippen LogP contribution is -2.35. The van der Waals surface area contributed by atoms with Crippen molar-refractivity contribution < 1.29 is 9.53 Å². The number of likely N-dealkylation sites (N-methyl/N-ethyl adjacent to an activating group) is 1. The Morgan fingerprint density at radius 2 is 2.16 bits per heavy atom. The molecule has 0 bridgehead atoms. The van der Waals surface area contributed by atoms with E-state index in [1.807, 2.05) is 26.0 Å². The molecular formula is C14H23N3O2. The minimum absolute atomic E-state index is 0.0602. The topological polar surface area (TPSA) is 54.5 Å². The zero-order valence-corrected chi connectivity index (χ0v) is 12.4. The van der Waals surface area contributed by atoms with Gasteiger partial charge in [-0.05, 0) is 32.5 Å². The van der Waals surface area contributed by atoms with Crippen LogP contribution in [0.3, 0.4) is 0 Å². The highest BCUT2D eigenvalue weighted by Crippen LogP contribution is 2.18. The highest BCUT2D eigenvalue weighted by molar-refractivity contribution is 5.80. The first kappa shape index (κ1) is 15.4. The number of carbonyl (C=O) groups excluding carboxylic acids is 1. The van der Waals surface area contributed by atoms with Crippen molar-refractivity contribution in [3.63, 3.8) is 0 Å². The molecule has 0 fully saturated rings. The Bertz CT molecular complexity index is 433. The lowest BCUT2D eigenvalue weighted by molar-refractivity contribution is -0.135. The van der Waals surface area contributed by atoms with Crippen LogP contribution in [0.15, 0.2) is 12.1 Å². The number of hydrogen-bond donors (Lipinski definition) is 1. The van der Waals surface area contributed by atoms with E-state index in [9.17, 15) is 4.79 Å². The summed E-state index contributed by atoms with van der Waals surface area (Å²) in [6.45, 7) is 7.22. The smallest absolute Gasteiger partial charge is 0.262 e. The summed E-state index contributed by atoms with van der Waals surface area (Å²) in [5.74, 6) is 0.601. The van der Waals surface area contributed by atoms with Gasteiger partial charge in [0.05, 0.1) is 5.69 Å². The van der Waals surface area contributed by atoms with E-state index in [1.165, 1.54) is 4.90 Å². The largest absolute Gasteiger partial charge is 0.479 e. The first-order valence-electron chi connectivity index (χ1n) is 6.50. The molecule has 0 aliphatic rings. The Morgan fingerprint density at radius 3 is 2.74 bits per heavy atom. The van der Waals surface area contributed by atoms with E-state index in [1.54, 1.807) is 21.0 Å². The zero-order valence-electron chi connectivity index (χ0n) is 12.4. The molecule has 1 amide bonds. The normalized spacial score (nSPS) is 12.1. The monoisotopic (exact) mass is 265 g/mol. The van der Waals surface area contributed by atoms with E-state index in [4.69, 9.17) is 4.74 Å². The molecule has 19 heavy (non-hydrogen) atoms. The van der Waals surface area contributed by atoms with Crippen LogP contribution in [0.5, 0.6) is 5.75 Å². The van der Waals surface area contributed by atoms with Crippen LogP contribution in [-0.4, -0.2) is 42.5 Å². The van der Waals surface area contributed by atoms with Gasteiger partial charge in [-0.2, -0.15) is 0 Å². The standard InChI is InChI=1S/C14H23N3O2/c1-6-15-9-12-13(8-7-10(2)16-12)19-11(3)14(18)17(4)5/h7-8,11,15H,6,9H2,1-5H3. The summed E-state index contributed by atoms with van der Waals surface area (Å²) in [6, 6.07) is 3.76. The number of nitrogens with one attached hydrogen (secondary N) is 1. The lowest BCUT2D eigenvalue weighted by atomic mass is 10.2. The highest BCUT2D eigenvalue weighted by atomic mass is 16.5. The minimum atomic E-state index is -0.514. The number of carbonyl (C=O) groups is 1. The van der Waals surface area contributed by atoms with Gasteiger partial charge < -0.3 is 15.0 Å². The SMILES string of the molecule is CCNCc1nc(C)ccc1OC(C)C(=O)N(C)C. The summed E-state index contributed by atoms with van der Waals surface area (Å²) in [5, 5.41) is 3.22. The Morgan fingerprint density at radius 1 is 1.47 bits per heavy atom. The fourth-order valence-corrected chi connectivity index (χ4v) is 1.68. The fourth-order valence-electron chi connectivity index (χ4n) is 1.68. The first-order valence-corrected chi connectivity index (χ1v) is 6.50. The number of hydrogen-bond acceptors (Lipinski definition) is 4. The Hall–Kier alpha value is -1.62. The Kier molecular flexibility index (Phi) is 5.76. The summed E-state index contributed by atoms with van der Waals surface area (Å²) in [4.78, 5) is 17.8. The third kappa shape index (κ3) is 4.52. The van der Waals surface area contributed by atoms with E-state index in [2.05, 4.69) is 10.3 Å². The van der Waals surface area contributed by atoms with Crippen molar-refractivity contribution in [3.8, 4) is 5.75 Å². The molecule has 5 nitrogen and oxygen atoms in total. The van der Waals surface area contributed by atoms with Gasteiger partial charge in [0, 0.05) is 26.3 Å². The van der Waals surface area contributed by atoms with Gasteiger partial charge in [0.15, 0.2) is 6.10 Å². The molecule has 0 saturated carbocycles. The van der Waals surface area contributed by atoms with E-state index >= 15 is 0 Å². The van der Waals surface area contributed by atoms with E-state index in [-0.39, 0.29) is 5.91 Å². The second kappa shape index (κ2) is 7.09. The van der Waals surface area contributed by atoms with Gasteiger partial charge in [-0.3, -0.25) is 9.78 Å². The van der Waals surface area contributed by atoms with Gasteiger partial charge in [-0.15, -0.1) is 0 Å². The average molecular weight is 265 g/mol. The molecular weight excluding hydrogens is 242 g/mol. The third-order valence-electron chi connectivity index (χ3n) is 2.71. The summed E-state index contributed by atoms with van der Waals surface area (Å²) in [7, 11) is 3.43. The van der Waals surface area contributed by atoms with Crippen LogP contribution < -0.4 is 10.1 Å². The second-order valence-corrected chi connectivity index (χ2v) is 4.67. The van der Waals surface area contributed by atoms with Crippen LogP contribution in [0, 0.1) is 6.92 Å². The van der Waals surface area contributed by atoms with Gasteiger partial charge in [0.2, 0.25) is 0 Å². The van der Waals surface area contributed by atoms with Gasteiger partial charge in [0.25, 0.3) is 5.91 Å². The summed E-state index contributed by atoms with van der Waals surface area (Å²) < 4.78 is 5.73. The quantitative estimate of drug-likeness (QED) is 0.843. The fraction of sp³-hybridized carbons (Fsp3) is 0.571. The molecule has 0 saturated heterocycles. The maximum absolute atomic E-state index is 11.8. The molecule has 5 heteroatoms. The number of nitrogens with zero attached hydrogens (tertiary/aromatic N) is 2. The number of ether oxygens (including phenoxy) is 1. The molecule has 0 radical (unpaired) electrons. The van der Waals surface area contributed by atoms with Crippen molar-refractivity contribution in [2.75, 3.05) is 20.6 Å². The molecule has 0 spiro atoms. The minimum Gasteiger partial charge on any atom is -0.479 e. The van der Waals surface area contributed by atoms with Crippen molar-refractivity contribution >= 4 is 5.91 Å². The number of rotatable bonds is 6. The van der Waals surface area contributed by atoms with E-state index in [0.717, 1.165) is 17.9 Å². The van der Waals surface area contributed by atoms with Crippen LogP contribution in [0.2, 0.25) is 0 Å². The number of aromatic nitrogens is 1. The van der Waals surface area contributed by atoms with Crippen molar-refractivity contribution in [2.45, 2.75) is 33.4 Å². The Labute approximate surface area is 115 Å². The van der Waals surface area contributed by atoms with Crippen LogP contribution in [0.1, 0.15) is 25.2 Å². The predicted octanol–water partition coefficient (Wildman–Crippen LogP) is 1.36. The molecule has 0 aromatic carbocycles. The highest BCUT2D eigenvalue weighted by Gasteiger charge is 2.18. The van der Waals surface area contributed by atoms with Crippen LogP contribution in [0.25, 0.3) is 0 Å². The maximum atomic E-state index is 11.8. The number of amides is 1. The second-order valence-electron chi connectivity index (χ2n) is 4.67. The molecule has 0 aliphatic heterocycles. The van der Waals surface area contributed by atoms with E-state index < -0.39 is 6.10 Å². The lowest BCUT2D eigenvalue weighted by Gasteiger charge is -2.20. The molecule has 1 aromatic rings. The zero-order chi connectivity index (χ0) is 14.4.